The largest absolute Gasteiger partial charge is 0.573 e. The standard InChI is InChI=1S/C17H15F3N6O3/c1-10-21-15(29-23-10)14-9-26(24-22-14)12-5-6-25(8-12)16(27)11-3-2-4-13(7-11)28-17(18,19)20/h2-4,7,9,12H,5-6,8H2,1H3/t12-/m0/s1. The number of ether oxygens (including phenoxy) is 1. The maximum atomic E-state index is 12.7. The molecule has 3 aromatic rings. The predicted molar refractivity (Wildman–Crippen MR) is 90.7 cm³/mol. The second-order valence-electron chi connectivity index (χ2n) is 6.50. The van der Waals surface area contributed by atoms with Crippen LogP contribution in [0.15, 0.2) is 35.0 Å². The summed E-state index contributed by atoms with van der Waals surface area (Å²) in [6, 6.07) is 4.89. The maximum Gasteiger partial charge on any atom is 0.573 e. The van der Waals surface area contributed by atoms with Crippen molar-refractivity contribution in [3.05, 3.63) is 41.9 Å². The van der Waals surface area contributed by atoms with Crippen LogP contribution in [0.1, 0.15) is 28.6 Å². The fourth-order valence-corrected chi connectivity index (χ4v) is 3.11. The van der Waals surface area contributed by atoms with E-state index in [0.717, 1.165) is 12.1 Å². The van der Waals surface area contributed by atoms with Gasteiger partial charge in [-0.05, 0) is 31.5 Å². The van der Waals surface area contributed by atoms with Crippen molar-refractivity contribution in [3.8, 4) is 17.3 Å². The first-order valence-electron chi connectivity index (χ1n) is 8.66. The Hall–Kier alpha value is -3.44. The minimum Gasteiger partial charge on any atom is -0.406 e. The van der Waals surface area contributed by atoms with Gasteiger partial charge in [0.2, 0.25) is 0 Å². The molecule has 1 aromatic carbocycles. The van der Waals surface area contributed by atoms with E-state index >= 15 is 0 Å². The number of carbonyl (C=O) groups excluding carboxylic acids is 1. The number of aryl methyl sites for hydroxylation is 1. The number of likely N-dealkylation sites (tertiary alicyclic amines) is 1. The molecular weight excluding hydrogens is 393 g/mol. The number of halogens is 3. The Bertz CT molecular complexity index is 1030. The van der Waals surface area contributed by atoms with Crippen LogP contribution in [0.2, 0.25) is 0 Å². The van der Waals surface area contributed by atoms with Crippen LogP contribution in [0.4, 0.5) is 13.2 Å². The first-order chi connectivity index (χ1) is 13.8. The third-order valence-corrected chi connectivity index (χ3v) is 4.40. The molecule has 1 atom stereocenters. The lowest BCUT2D eigenvalue weighted by atomic mass is 10.2. The van der Waals surface area contributed by atoms with Crippen LogP contribution in [0.3, 0.4) is 0 Å². The van der Waals surface area contributed by atoms with Gasteiger partial charge in [0, 0.05) is 18.7 Å². The summed E-state index contributed by atoms with van der Waals surface area (Å²) < 4.78 is 47.7. The van der Waals surface area contributed by atoms with Gasteiger partial charge in [-0.15, -0.1) is 18.3 Å². The van der Waals surface area contributed by atoms with Crippen LogP contribution in [-0.2, 0) is 0 Å². The fourth-order valence-electron chi connectivity index (χ4n) is 3.11. The summed E-state index contributed by atoms with van der Waals surface area (Å²) in [4.78, 5) is 18.3. The highest BCUT2D eigenvalue weighted by molar-refractivity contribution is 5.94. The number of nitrogens with zero attached hydrogens (tertiary/aromatic N) is 6. The molecule has 0 radical (unpaired) electrons. The lowest BCUT2D eigenvalue weighted by Crippen LogP contribution is -2.29. The number of benzene rings is 1. The summed E-state index contributed by atoms with van der Waals surface area (Å²) in [7, 11) is 0. The maximum absolute atomic E-state index is 12.7. The molecule has 0 aliphatic carbocycles. The third kappa shape index (κ3) is 4.20. The summed E-state index contributed by atoms with van der Waals surface area (Å²) in [6.45, 7) is 2.46. The second-order valence-corrected chi connectivity index (χ2v) is 6.50. The Labute approximate surface area is 162 Å². The van der Waals surface area contributed by atoms with Gasteiger partial charge in [-0.1, -0.05) is 16.4 Å². The van der Waals surface area contributed by atoms with Crippen LogP contribution >= 0.6 is 0 Å². The van der Waals surface area contributed by atoms with Crippen molar-refractivity contribution >= 4 is 5.91 Å². The molecule has 1 saturated heterocycles. The molecule has 152 valence electrons. The minimum atomic E-state index is -4.82. The molecule has 1 fully saturated rings. The van der Waals surface area contributed by atoms with E-state index in [1.807, 2.05) is 0 Å². The van der Waals surface area contributed by atoms with Crippen LogP contribution in [-0.4, -0.2) is 55.4 Å². The molecule has 0 bridgehead atoms. The zero-order chi connectivity index (χ0) is 20.6. The Morgan fingerprint density at radius 1 is 1.34 bits per heavy atom. The zero-order valence-corrected chi connectivity index (χ0v) is 15.1. The minimum absolute atomic E-state index is 0.119. The number of carbonyl (C=O) groups is 1. The van der Waals surface area contributed by atoms with Gasteiger partial charge in [-0.25, -0.2) is 4.68 Å². The fraction of sp³-hybridized carbons (Fsp3) is 0.353. The van der Waals surface area contributed by atoms with Gasteiger partial charge < -0.3 is 14.2 Å². The van der Waals surface area contributed by atoms with Crippen molar-refractivity contribution < 1.29 is 27.2 Å². The normalized spacial score (nSPS) is 17.0. The lowest BCUT2D eigenvalue weighted by molar-refractivity contribution is -0.274. The summed E-state index contributed by atoms with van der Waals surface area (Å²) in [5.41, 5.74) is 0.542. The molecule has 0 spiro atoms. The average Bonchev–Trinajstić information content (AvgIpc) is 3.39. The van der Waals surface area contributed by atoms with Crippen molar-refractivity contribution in [1.29, 1.82) is 0 Å². The molecule has 29 heavy (non-hydrogen) atoms. The van der Waals surface area contributed by atoms with E-state index < -0.39 is 12.1 Å². The Kier molecular flexibility index (Phi) is 4.68. The van der Waals surface area contributed by atoms with E-state index in [4.69, 9.17) is 4.52 Å². The molecule has 0 saturated carbocycles. The predicted octanol–water partition coefficient (Wildman–Crippen LogP) is 2.62. The van der Waals surface area contributed by atoms with Crippen LogP contribution < -0.4 is 4.74 Å². The number of alkyl halides is 3. The van der Waals surface area contributed by atoms with E-state index in [1.165, 1.54) is 12.1 Å². The molecule has 4 rings (SSSR count). The van der Waals surface area contributed by atoms with E-state index in [0.29, 0.717) is 31.0 Å². The highest BCUT2D eigenvalue weighted by Crippen LogP contribution is 2.27. The molecular formula is C17H15F3N6O3. The topological polar surface area (TPSA) is 99.2 Å². The molecule has 2 aromatic heterocycles. The van der Waals surface area contributed by atoms with Gasteiger partial charge >= 0.3 is 6.36 Å². The van der Waals surface area contributed by atoms with E-state index in [1.54, 1.807) is 22.7 Å². The number of hydrogen-bond acceptors (Lipinski definition) is 7. The second kappa shape index (κ2) is 7.18. The summed E-state index contributed by atoms with van der Waals surface area (Å²) in [6.07, 6.45) is -2.54. The molecule has 12 heteroatoms. The summed E-state index contributed by atoms with van der Waals surface area (Å²) in [5, 5.41) is 11.8. The van der Waals surface area contributed by atoms with Crippen molar-refractivity contribution in [2.24, 2.45) is 0 Å². The van der Waals surface area contributed by atoms with E-state index in [9.17, 15) is 18.0 Å². The Morgan fingerprint density at radius 2 is 2.17 bits per heavy atom. The van der Waals surface area contributed by atoms with Gasteiger partial charge in [0.05, 0.1) is 12.2 Å². The smallest absolute Gasteiger partial charge is 0.406 e. The molecule has 1 aliphatic rings. The first kappa shape index (κ1) is 18.9. The quantitative estimate of drug-likeness (QED) is 0.654. The highest BCUT2D eigenvalue weighted by atomic mass is 19.4. The molecule has 3 heterocycles. The first-order valence-corrected chi connectivity index (χ1v) is 8.66. The number of aromatic nitrogens is 5. The van der Waals surface area contributed by atoms with Crippen LogP contribution in [0, 0.1) is 6.92 Å². The zero-order valence-electron chi connectivity index (χ0n) is 15.1. The Morgan fingerprint density at radius 3 is 2.90 bits per heavy atom. The van der Waals surface area contributed by atoms with Gasteiger partial charge in [0.25, 0.3) is 11.8 Å². The Balaban J connectivity index is 1.44. The number of rotatable bonds is 4. The van der Waals surface area contributed by atoms with Gasteiger partial charge in [0.15, 0.2) is 11.5 Å². The van der Waals surface area contributed by atoms with Crippen LogP contribution in [0.25, 0.3) is 11.6 Å². The van der Waals surface area contributed by atoms with Crippen molar-refractivity contribution in [2.75, 3.05) is 13.1 Å². The van der Waals surface area contributed by atoms with E-state index in [2.05, 4.69) is 25.2 Å². The molecule has 1 aliphatic heterocycles. The monoisotopic (exact) mass is 408 g/mol. The van der Waals surface area contributed by atoms with Crippen molar-refractivity contribution in [1.82, 2.24) is 30.0 Å². The molecule has 9 nitrogen and oxygen atoms in total. The SMILES string of the molecule is Cc1noc(-c2cn([C@H]3CCN(C(=O)c4cccc(OC(F)(F)F)c4)C3)nn2)n1. The average molecular weight is 408 g/mol. The molecule has 0 N–H and O–H groups in total. The van der Waals surface area contributed by atoms with Crippen LogP contribution in [0.5, 0.6) is 5.75 Å². The lowest BCUT2D eigenvalue weighted by Gasteiger charge is -2.17. The summed E-state index contributed by atoms with van der Waals surface area (Å²) in [5.74, 6) is -0.0899. The van der Waals surface area contributed by atoms with Gasteiger partial charge in [-0.2, -0.15) is 4.98 Å². The summed E-state index contributed by atoms with van der Waals surface area (Å²) >= 11 is 0. The molecule has 0 unspecified atom stereocenters. The number of hydrogen-bond donors (Lipinski definition) is 0. The van der Waals surface area contributed by atoms with Gasteiger partial charge in [-0.3, -0.25) is 4.79 Å². The highest BCUT2D eigenvalue weighted by Gasteiger charge is 2.32. The van der Waals surface area contributed by atoms with Crippen molar-refractivity contribution in [3.63, 3.8) is 0 Å². The van der Waals surface area contributed by atoms with Gasteiger partial charge in [0.1, 0.15) is 5.75 Å². The number of amides is 1. The molecule has 1 amide bonds. The van der Waals surface area contributed by atoms with E-state index in [-0.39, 0.29) is 23.4 Å². The third-order valence-electron chi connectivity index (χ3n) is 4.40. The van der Waals surface area contributed by atoms with Crippen molar-refractivity contribution in [2.45, 2.75) is 25.7 Å².